The number of pyridine rings is 1. The Bertz CT molecular complexity index is 543. The van der Waals surface area contributed by atoms with Gasteiger partial charge in [-0.1, -0.05) is 30.3 Å². The van der Waals surface area contributed by atoms with Crippen LogP contribution in [-0.4, -0.2) is 22.6 Å². The first-order chi connectivity index (χ1) is 9.25. The number of aromatic nitrogens is 1. The summed E-state index contributed by atoms with van der Waals surface area (Å²) in [7, 11) is 0. The van der Waals surface area contributed by atoms with E-state index in [1.807, 2.05) is 30.3 Å². The fourth-order valence-corrected chi connectivity index (χ4v) is 1.50. The molecule has 5 nitrogen and oxygen atoms in total. The topological polar surface area (TPSA) is 71.5 Å². The minimum absolute atomic E-state index is 0.0705. The summed E-state index contributed by atoms with van der Waals surface area (Å²) in [6.45, 7) is 0.271. The van der Waals surface area contributed by atoms with E-state index in [1.54, 1.807) is 6.07 Å². The molecule has 0 saturated heterocycles. The highest BCUT2D eigenvalue weighted by Gasteiger charge is 2.06. The molecule has 2 rings (SSSR count). The first-order valence-corrected chi connectivity index (χ1v) is 5.81. The number of anilines is 1. The number of nitrogens with zero attached hydrogens (tertiary/aromatic N) is 1. The number of carbonyl (C=O) groups is 1. The van der Waals surface area contributed by atoms with Gasteiger partial charge in [0.1, 0.15) is 6.61 Å². The van der Waals surface area contributed by atoms with Crippen molar-refractivity contribution >= 4 is 11.7 Å². The molecule has 0 aliphatic rings. The molecule has 0 unspecified atom stereocenters. The smallest absolute Gasteiger partial charge is 0.251 e. The highest BCUT2D eigenvalue weighted by atomic mass is 16.5. The molecule has 2 aromatic rings. The van der Waals surface area contributed by atoms with E-state index in [0.29, 0.717) is 6.61 Å². The van der Waals surface area contributed by atoms with Gasteiger partial charge >= 0.3 is 0 Å². The van der Waals surface area contributed by atoms with Crippen LogP contribution in [0.1, 0.15) is 5.56 Å². The summed E-state index contributed by atoms with van der Waals surface area (Å²) in [4.78, 5) is 15.4. The van der Waals surface area contributed by atoms with Gasteiger partial charge in [0.15, 0.2) is 11.6 Å². The van der Waals surface area contributed by atoms with E-state index >= 15 is 0 Å². The fraction of sp³-hybridized carbons (Fsp3) is 0.143. The first kappa shape index (κ1) is 13.0. The Hall–Kier alpha value is -2.40. The van der Waals surface area contributed by atoms with Crippen LogP contribution in [0.15, 0.2) is 48.7 Å². The number of benzene rings is 1. The third kappa shape index (κ3) is 4.08. The van der Waals surface area contributed by atoms with Crippen molar-refractivity contribution in [3.8, 4) is 5.75 Å². The summed E-state index contributed by atoms with van der Waals surface area (Å²) in [5.74, 6) is -0.292. The van der Waals surface area contributed by atoms with Gasteiger partial charge < -0.3 is 15.2 Å². The largest absolute Gasteiger partial charge is 0.504 e. The Morgan fingerprint density at radius 3 is 2.74 bits per heavy atom. The number of aromatic hydroxyl groups is 1. The molecule has 2 N–H and O–H groups in total. The number of rotatable bonds is 5. The van der Waals surface area contributed by atoms with Crippen LogP contribution in [0.4, 0.5) is 5.82 Å². The van der Waals surface area contributed by atoms with E-state index in [9.17, 15) is 9.90 Å². The molecule has 0 bridgehead atoms. The van der Waals surface area contributed by atoms with Gasteiger partial charge in [-0.05, 0) is 17.7 Å². The zero-order chi connectivity index (χ0) is 13.5. The summed E-state index contributed by atoms with van der Waals surface area (Å²) >= 11 is 0. The number of ether oxygens (including phenoxy) is 1. The van der Waals surface area contributed by atoms with Crippen molar-refractivity contribution in [1.29, 1.82) is 0 Å². The molecule has 98 valence electrons. The maximum absolute atomic E-state index is 11.6. The predicted octanol–water partition coefficient (Wildman–Crippen LogP) is 1.94. The summed E-state index contributed by atoms with van der Waals surface area (Å²) in [6.07, 6.45) is 1.49. The second-order valence-electron chi connectivity index (χ2n) is 3.90. The standard InChI is InChI=1S/C14H14N2O3/c17-12-7-4-8-15-14(12)16-13(18)10-19-9-11-5-2-1-3-6-11/h1-8,17H,9-10H2,(H,15,16,18). The third-order valence-corrected chi connectivity index (χ3v) is 2.39. The number of amides is 1. The average Bonchev–Trinajstić information content (AvgIpc) is 2.43. The van der Waals surface area contributed by atoms with Gasteiger partial charge in [-0.2, -0.15) is 0 Å². The molecule has 1 amide bonds. The molecule has 0 aliphatic heterocycles. The van der Waals surface area contributed by atoms with Gasteiger partial charge in [0.25, 0.3) is 5.91 Å². The Morgan fingerprint density at radius 1 is 1.21 bits per heavy atom. The highest BCUT2D eigenvalue weighted by molar-refractivity contribution is 5.91. The van der Waals surface area contributed by atoms with Crippen LogP contribution in [0.3, 0.4) is 0 Å². The molecular formula is C14H14N2O3. The molecule has 5 heteroatoms. The van der Waals surface area contributed by atoms with Crippen LogP contribution in [0, 0.1) is 0 Å². The molecule has 0 fully saturated rings. The highest BCUT2D eigenvalue weighted by Crippen LogP contribution is 2.17. The van der Waals surface area contributed by atoms with E-state index in [-0.39, 0.29) is 24.1 Å². The van der Waals surface area contributed by atoms with Crippen molar-refractivity contribution in [3.05, 3.63) is 54.2 Å². The van der Waals surface area contributed by atoms with Crippen molar-refractivity contribution in [2.24, 2.45) is 0 Å². The van der Waals surface area contributed by atoms with E-state index in [0.717, 1.165) is 5.56 Å². The second-order valence-corrected chi connectivity index (χ2v) is 3.90. The lowest BCUT2D eigenvalue weighted by atomic mass is 10.2. The van der Waals surface area contributed by atoms with E-state index in [2.05, 4.69) is 10.3 Å². The Kier molecular flexibility index (Phi) is 4.47. The quantitative estimate of drug-likeness (QED) is 0.859. The minimum atomic E-state index is -0.357. The summed E-state index contributed by atoms with van der Waals surface area (Å²) in [6, 6.07) is 12.6. The lowest BCUT2D eigenvalue weighted by Gasteiger charge is -2.06. The van der Waals surface area contributed by atoms with Crippen molar-refractivity contribution in [1.82, 2.24) is 4.98 Å². The predicted molar refractivity (Wildman–Crippen MR) is 70.6 cm³/mol. The summed E-state index contributed by atoms with van der Waals surface area (Å²) in [5.41, 5.74) is 0.996. The summed E-state index contributed by atoms with van der Waals surface area (Å²) < 4.78 is 5.27. The Balaban J connectivity index is 1.78. The van der Waals surface area contributed by atoms with Gasteiger partial charge in [0, 0.05) is 6.20 Å². The maximum atomic E-state index is 11.6. The van der Waals surface area contributed by atoms with Crippen molar-refractivity contribution in [2.75, 3.05) is 11.9 Å². The van der Waals surface area contributed by atoms with Crippen LogP contribution < -0.4 is 5.32 Å². The van der Waals surface area contributed by atoms with Crippen molar-refractivity contribution in [2.45, 2.75) is 6.61 Å². The Morgan fingerprint density at radius 2 is 2.00 bits per heavy atom. The molecule has 0 saturated carbocycles. The van der Waals surface area contributed by atoms with E-state index < -0.39 is 0 Å². The van der Waals surface area contributed by atoms with E-state index in [1.165, 1.54) is 12.3 Å². The molecule has 1 aromatic heterocycles. The molecule has 0 atom stereocenters. The average molecular weight is 258 g/mol. The van der Waals surface area contributed by atoms with E-state index in [4.69, 9.17) is 4.74 Å². The molecular weight excluding hydrogens is 244 g/mol. The number of nitrogens with one attached hydrogen (secondary N) is 1. The fourth-order valence-electron chi connectivity index (χ4n) is 1.50. The molecule has 0 radical (unpaired) electrons. The molecule has 0 spiro atoms. The SMILES string of the molecule is O=C(COCc1ccccc1)Nc1ncccc1O. The van der Waals surface area contributed by atoms with Gasteiger partial charge in [0.2, 0.25) is 0 Å². The van der Waals surface area contributed by atoms with Crippen molar-refractivity contribution in [3.63, 3.8) is 0 Å². The molecule has 1 heterocycles. The van der Waals surface area contributed by atoms with Gasteiger partial charge in [-0.25, -0.2) is 4.98 Å². The Labute approximate surface area is 110 Å². The monoisotopic (exact) mass is 258 g/mol. The number of hydrogen-bond acceptors (Lipinski definition) is 4. The van der Waals surface area contributed by atoms with Crippen LogP contribution in [-0.2, 0) is 16.1 Å². The molecule has 1 aromatic carbocycles. The van der Waals surface area contributed by atoms with Crippen LogP contribution in [0.5, 0.6) is 5.75 Å². The molecule has 19 heavy (non-hydrogen) atoms. The zero-order valence-electron chi connectivity index (χ0n) is 10.2. The van der Waals surface area contributed by atoms with Crippen LogP contribution in [0.25, 0.3) is 0 Å². The van der Waals surface area contributed by atoms with Crippen LogP contribution in [0.2, 0.25) is 0 Å². The van der Waals surface area contributed by atoms with Gasteiger partial charge in [-0.15, -0.1) is 0 Å². The van der Waals surface area contributed by atoms with Crippen LogP contribution >= 0.6 is 0 Å². The zero-order valence-corrected chi connectivity index (χ0v) is 10.2. The van der Waals surface area contributed by atoms with Gasteiger partial charge in [0.05, 0.1) is 6.61 Å². The number of hydrogen-bond donors (Lipinski definition) is 2. The number of carbonyl (C=O) groups excluding carboxylic acids is 1. The second kappa shape index (κ2) is 6.51. The normalized spacial score (nSPS) is 10.1. The van der Waals surface area contributed by atoms with Crippen molar-refractivity contribution < 1.29 is 14.6 Å². The first-order valence-electron chi connectivity index (χ1n) is 5.81. The van der Waals surface area contributed by atoms with Gasteiger partial charge in [-0.3, -0.25) is 4.79 Å². The lowest BCUT2D eigenvalue weighted by molar-refractivity contribution is -0.121. The third-order valence-electron chi connectivity index (χ3n) is 2.39. The maximum Gasteiger partial charge on any atom is 0.251 e. The minimum Gasteiger partial charge on any atom is -0.504 e. The molecule has 0 aliphatic carbocycles. The summed E-state index contributed by atoms with van der Waals surface area (Å²) in [5, 5.41) is 11.9. The lowest BCUT2D eigenvalue weighted by Crippen LogP contribution is -2.18.